The molecule has 0 amide bonds. The van der Waals surface area contributed by atoms with Gasteiger partial charge in [-0.1, -0.05) is 38.6 Å². The fraction of sp³-hybridized carbons (Fsp3) is 0.333. The van der Waals surface area contributed by atoms with Gasteiger partial charge in [0.2, 0.25) is 0 Å². The molecule has 21 heavy (non-hydrogen) atoms. The number of carboxylic acid groups (broad SMARTS) is 1. The Morgan fingerprint density at radius 1 is 1.43 bits per heavy atom. The number of hydrogen-bond donors (Lipinski definition) is 1. The Morgan fingerprint density at radius 3 is 2.71 bits per heavy atom. The fourth-order valence-corrected chi connectivity index (χ4v) is 2.67. The van der Waals surface area contributed by atoms with Gasteiger partial charge < -0.3 is 5.11 Å². The number of thioether (sulfide) groups is 1. The molecule has 4 nitrogen and oxygen atoms in total. The van der Waals surface area contributed by atoms with E-state index in [1.807, 2.05) is 25.3 Å². The van der Waals surface area contributed by atoms with Crippen molar-refractivity contribution in [1.29, 1.82) is 0 Å². The highest BCUT2D eigenvalue weighted by atomic mass is 32.2. The molecule has 0 atom stereocenters. The van der Waals surface area contributed by atoms with Crippen LogP contribution in [0.25, 0.3) is 5.69 Å². The first kappa shape index (κ1) is 15.6. The standard InChI is InChI=1S/C15H17FN2O2S/c1-15(2,3)12-8-17-14(21-9-13(19)20)18(12)11-6-4-5-10(16)7-11/h4-8H,9H2,1-3H3,(H,19,20). The van der Waals surface area contributed by atoms with E-state index in [-0.39, 0.29) is 17.0 Å². The third-order valence-electron chi connectivity index (χ3n) is 2.89. The van der Waals surface area contributed by atoms with Crippen LogP contribution in [0.5, 0.6) is 0 Å². The molecule has 0 aliphatic heterocycles. The number of halogens is 1. The largest absolute Gasteiger partial charge is 0.481 e. The molecule has 2 aromatic rings. The van der Waals surface area contributed by atoms with Crippen LogP contribution in [0, 0.1) is 5.82 Å². The van der Waals surface area contributed by atoms with Crippen LogP contribution in [0.1, 0.15) is 26.5 Å². The quantitative estimate of drug-likeness (QED) is 0.879. The van der Waals surface area contributed by atoms with Crippen LogP contribution < -0.4 is 0 Å². The molecule has 0 spiro atoms. The summed E-state index contributed by atoms with van der Waals surface area (Å²) < 4.78 is 15.3. The normalized spacial score (nSPS) is 11.6. The van der Waals surface area contributed by atoms with E-state index in [4.69, 9.17) is 5.11 Å². The minimum absolute atomic E-state index is 0.0874. The molecule has 6 heteroatoms. The predicted molar refractivity (Wildman–Crippen MR) is 80.6 cm³/mol. The second-order valence-corrected chi connectivity index (χ2v) is 6.62. The second-order valence-electron chi connectivity index (χ2n) is 5.67. The molecular weight excluding hydrogens is 291 g/mol. The molecular formula is C15H17FN2O2S. The maximum atomic E-state index is 13.5. The van der Waals surface area contributed by atoms with Gasteiger partial charge in [0.05, 0.1) is 17.6 Å². The van der Waals surface area contributed by atoms with Crippen molar-refractivity contribution >= 4 is 17.7 Å². The van der Waals surface area contributed by atoms with Crippen molar-refractivity contribution < 1.29 is 14.3 Å². The van der Waals surface area contributed by atoms with E-state index in [2.05, 4.69) is 4.98 Å². The lowest BCUT2D eigenvalue weighted by Crippen LogP contribution is -2.17. The third-order valence-corrected chi connectivity index (χ3v) is 3.83. The Bertz CT molecular complexity index is 662. The first-order valence-corrected chi connectivity index (χ1v) is 7.46. The minimum atomic E-state index is -0.911. The van der Waals surface area contributed by atoms with Crippen LogP contribution in [0.3, 0.4) is 0 Å². The average Bonchev–Trinajstić information content (AvgIpc) is 2.80. The maximum absolute atomic E-state index is 13.5. The van der Waals surface area contributed by atoms with Crippen LogP contribution in [0.15, 0.2) is 35.6 Å². The first-order valence-electron chi connectivity index (χ1n) is 6.48. The van der Waals surface area contributed by atoms with Crippen molar-refractivity contribution in [2.45, 2.75) is 31.3 Å². The molecule has 1 aromatic carbocycles. The number of aromatic nitrogens is 2. The smallest absolute Gasteiger partial charge is 0.313 e. The summed E-state index contributed by atoms with van der Waals surface area (Å²) in [7, 11) is 0. The average molecular weight is 308 g/mol. The number of aliphatic carboxylic acids is 1. The number of benzene rings is 1. The second kappa shape index (κ2) is 5.89. The van der Waals surface area contributed by atoms with Gasteiger partial charge in [-0.25, -0.2) is 9.37 Å². The molecule has 1 heterocycles. The van der Waals surface area contributed by atoms with E-state index >= 15 is 0 Å². The summed E-state index contributed by atoms with van der Waals surface area (Å²) >= 11 is 1.12. The number of rotatable bonds is 4. The highest BCUT2D eigenvalue weighted by molar-refractivity contribution is 7.99. The topological polar surface area (TPSA) is 55.1 Å². The van der Waals surface area contributed by atoms with E-state index < -0.39 is 5.97 Å². The SMILES string of the molecule is CC(C)(C)c1cnc(SCC(=O)O)n1-c1cccc(F)c1. The van der Waals surface area contributed by atoms with Crippen molar-refractivity contribution in [2.24, 2.45) is 0 Å². The van der Waals surface area contributed by atoms with Gasteiger partial charge in [-0.2, -0.15) is 0 Å². The van der Waals surface area contributed by atoms with Crippen molar-refractivity contribution in [3.8, 4) is 5.69 Å². The summed E-state index contributed by atoms with van der Waals surface area (Å²) in [5.74, 6) is -1.34. The van der Waals surface area contributed by atoms with E-state index in [1.54, 1.807) is 18.3 Å². The maximum Gasteiger partial charge on any atom is 0.313 e. The molecule has 0 unspecified atom stereocenters. The zero-order chi connectivity index (χ0) is 15.6. The third kappa shape index (κ3) is 3.64. The first-order chi connectivity index (χ1) is 9.79. The van der Waals surface area contributed by atoms with E-state index in [9.17, 15) is 9.18 Å². The molecule has 0 saturated heterocycles. The van der Waals surface area contributed by atoms with Crippen molar-refractivity contribution in [1.82, 2.24) is 9.55 Å². The van der Waals surface area contributed by atoms with Crippen molar-refractivity contribution in [3.05, 3.63) is 42.0 Å². The minimum Gasteiger partial charge on any atom is -0.481 e. The van der Waals surface area contributed by atoms with Crippen LogP contribution in [0.4, 0.5) is 4.39 Å². The number of nitrogens with zero attached hydrogens (tertiary/aromatic N) is 2. The number of carboxylic acids is 1. The Labute approximate surface area is 127 Å². The van der Waals surface area contributed by atoms with Gasteiger partial charge >= 0.3 is 5.97 Å². The molecule has 0 saturated carbocycles. The van der Waals surface area contributed by atoms with E-state index in [1.165, 1.54) is 12.1 Å². The molecule has 1 aromatic heterocycles. The van der Waals surface area contributed by atoms with Gasteiger partial charge in [0.15, 0.2) is 5.16 Å². The molecule has 0 bridgehead atoms. The highest BCUT2D eigenvalue weighted by Gasteiger charge is 2.23. The van der Waals surface area contributed by atoms with Crippen LogP contribution in [0.2, 0.25) is 0 Å². The predicted octanol–water partition coefficient (Wildman–Crippen LogP) is 3.49. The Morgan fingerprint density at radius 2 is 2.14 bits per heavy atom. The van der Waals surface area contributed by atoms with Gasteiger partial charge in [0.25, 0.3) is 0 Å². The number of imidazole rings is 1. The molecule has 112 valence electrons. The van der Waals surface area contributed by atoms with Gasteiger partial charge in [0.1, 0.15) is 5.82 Å². The lowest BCUT2D eigenvalue weighted by Gasteiger charge is -2.21. The zero-order valence-corrected chi connectivity index (χ0v) is 12.9. The Hall–Kier alpha value is -1.82. The molecule has 2 rings (SSSR count). The summed E-state index contributed by atoms with van der Waals surface area (Å²) in [5, 5.41) is 9.38. The molecule has 0 fully saturated rings. The Kier molecular flexibility index (Phi) is 4.37. The Balaban J connectivity index is 2.53. The van der Waals surface area contributed by atoms with Gasteiger partial charge in [-0.3, -0.25) is 9.36 Å². The van der Waals surface area contributed by atoms with E-state index in [0.717, 1.165) is 17.5 Å². The summed E-state index contributed by atoms with van der Waals surface area (Å²) in [4.78, 5) is 15.1. The van der Waals surface area contributed by atoms with Gasteiger partial charge in [-0.05, 0) is 18.2 Å². The zero-order valence-electron chi connectivity index (χ0n) is 12.1. The molecule has 0 aliphatic rings. The lowest BCUT2D eigenvalue weighted by atomic mass is 9.92. The van der Waals surface area contributed by atoms with Gasteiger partial charge in [-0.15, -0.1) is 0 Å². The van der Waals surface area contributed by atoms with Gasteiger partial charge in [0, 0.05) is 11.1 Å². The molecule has 1 N–H and O–H groups in total. The van der Waals surface area contributed by atoms with Crippen LogP contribution >= 0.6 is 11.8 Å². The highest BCUT2D eigenvalue weighted by Crippen LogP contribution is 2.30. The van der Waals surface area contributed by atoms with Crippen molar-refractivity contribution in [3.63, 3.8) is 0 Å². The summed E-state index contributed by atoms with van der Waals surface area (Å²) in [6.45, 7) is 6.10. The molecule has 0 radical (unpaired) electrons. The van der Waals surface area contributed by atoms with Crippen LogP contribution in [-0.2, 0) is 10.2 Å². The summed E-state index contributed by atoms with van der Waals surface area (Å²) in [6, 6.07) is 6.20. The lowest BCUT2D eigenvalue weighted by molar-refractivity contribution is -0.133. The summed E-state index contributed by atoms with van der Waals surface area (Å²) in [5.41, 5.74) is 1.35. The van der Waals surface area contributed by atoms with Crippen molar-refractivity contribution in [2.75, 3.05) is 5.75 Å². The monoisotopic (exact) mass is 308 g/mol. The number of carbonyl (C=O) groups is 1. The number of hydrogen-bond acceptors (Lipinski definition) is 3. The molecule has 0 aliphatic carbocycles. The van der Waals surface area contributed by atoms with Crippen LogP contribution in [-0.4, -0.2) is 26.4 Å². The van der Waals surface area contributed by atoms with E-state index in [0.29, 0.717) is 10.8 Å². The summed E-state index contributed by atoms with van der Waals surface area (Å²) in [6.07, 6.45) is 1.72. The fourth-order valence-electron chi connectivity index (χ4n) is 1.96.